The third-order valence-corrected chi connectivity index (χ3v) is 5.24. The van der Waals surface area contributed by atoms with E-state index in [0.29, 0.717) is 26.1 Å². The summed E-state index contributed by atoms with van der Waals surface area (Å²) in [4.78, 5) is 14.9. The van der Waals surface area contributed by atoms with E-state index < -0.39 is 12.3 Å². The van der Waals surface area contributed by atoms with Crippen molar-refractivity contribution in [2.24, 2.45) is 0 Å². The minimum absolute atomic E-state index is 0.0993. The zero-order valence-electron chi connectivity index (χ0n) is 14.9. The fourth-order valence-corrected chi connectivity index (χ4v) is 3.91. The molecule has 0 aliphatic carbocycles. The maximum absolute atomic E-state index is 14.5. The summed E-state index contributed by atoms with van der Waals surface area (Å²) in [6, 6.07) is 13.7. The molecule has 2 aliphatic heterocycles. The van der Waals surface area contributed by atoms with E-state index in [1.54, 1.807) is 17.0 Å². The van der Waals surface area contributed by atoms with E-state index in [-0.39, 0.29) is 24.3 Å². The Bertz CT molecular complexity index is 812. The highest BCUT2D eigenvalue weighted by Gasteiger charge is 2.39. The number of carbonyl (C=O) groups excluding carboxylic acids is 1. The van der Waals surface area contributed by atoms with Crippen molar-refractivity contribution in [2.45, 2.75) is 24.7 Å². The van der Waals surface area contributed by atoms with Crippen molar-refractivity contribution in [1.82, 2.24) is 10.2 Å². The molecule has 1 fully saturated rings. The highest BCUT2D eigenvalue weighted by Crippen LogP contribution is 2.36. The number of rotatable bonds is 2. The Morgan fingerprint density at radius 3 is 2.74 bits per heavy atom. The van der Waals surface area contributed by atoms with E-state index in [1.807, 2.05) is 24.3 Å². The van der Waals surface area contributed by atoms with Gasteiger partial charge >= 0.3 is 0 Å². The molecule has 142 valence electrons. The van der Waals surface area contributed by atoms with Crippen LogP contribution < -0.4 is 5.32 Å². The van der Waals surface area contributed by atoms with Gasteiger partial charge in [-0.1, -0.05) is 36.4 Å². The van der Waals surface area contributed by atoms with Crippen LogP contribution in [0.15, 0.2) is 48.5 Å². The number of hydrogen-bond acceptors (Lipinski definition) is 3. The van der Waals surface area contributed by atoms with Crippen LogP contribution in [-0.2, 0) is 16.0 Å². The number of alkyl halides is 1. The van der Waals surface area contributed by atoms with Crippen molar-refractivity contribution < 1.29 is 18.3 Å². The van der Waals surface area contributed by atoms with Crippen LogP contribution in [0.1, 0.15) is 22.7 Å². The Kier molecular flexibility index (Phi) is 5.18. The molecular weight excluding hydrogens is 350 g/mol. The van der Waals surface area contributed by atoms with E-state index in [2.05, 4.69) is 5.32 Å². The highest BCUT2D eigenvalue weighted by atomic mass is 19.1. The third-order valence-electron chi connectivity index (χ3n) is 5.24. The molecule has 0 aromatic heterocycles. The van der Waals surface area contributed by atoms with Crippen molar-refractivity contribution in [3.8, 4) is 0 Å². The third kappa shape index (κ3) is 3.59. The molecule has 0 unspecified atom stereocenters. The largest absolute Gasteiger partial charge is 0.364 e. The molecule has 1 saturated heterocycles. The van der Waals surface area contributed by atoms with Gasteiger partial charge in [-0.05, 0) is 35.2 Å². The monoisotopic (exact) mass is 372 g/mol. The minimum Gasteiger partial charge on any atom is -0.364 e. The molecule has 2 aliphatic rings. The number of ether oxygens (including phenoxy) is 1. The number of amides is 1. The maximum atomic E-state index is 14.5. The molecule has 2 aromatic carbocycles. The fourth-order valence-electron chi connectivity index (χ4n) is 3.91. The van der Waals surface area contributed by atoms with E-state index >= 15 is 0 Å². The van der Waals surface area contributed by atoms with Gasteiger partial charge in [0, 0.05) is 19.6 Å². The standard InChI is InChI=1S/C21H22F2N2O2/c22-16-7-5-15(6-8-16)19-17-4-2-1-3-14(17)9-11-25(19)21(26)20-18(23)13-24-10-12-27-20/h1-8,18-20,24H,9-13H2/t18-,19+,20+/m1/s1. The number of benzene rings is 2. The summed E-state index contributed by atoms with van der Waals surface area (Å²) in [5.74, 6) is -0.683. The van der Waals surface area contributed by atoms with Crippen LogP contribution in [0.25, 0.3) is 0 Å². The Labute approximate surface area is 157 Å². The molecule has 1 amide bonds. The number of hydrogen-bond donors (Lipinski definition) is 1. The summed E-state index contributed by atoms with van der Waals surface area (Å²) in [6.45, 7) is 1.39. The second-order valence-corrected chi connectivity index (χ2v) is 6.95. The summed E-state index contributed by atoms with van der Waals surface area (Å²) in [5.41, 5.74) is 2.95. The van der Waals surface area contributed by atoms with Gasteiger partial charge in [-0.2, -0.15) is 0 Å². The number of fused-ring (bicyclic) bond motifs is 1. The summed E-state index contributed by atoms with van der Waals surface area (Å²) in [5, 5.41) is 2.94. The molecule has 1 N–H and O–H groups in total. The van der Waals surface area contributed by atoms with E-state index in [0.717, 1.165) is 16.7 Å². The first kappa shape index (κ1) is 18.1. The number of nitrogens with zero attached hydrogens (tertiary/aromatic N) is 1. The van der Waals surface area contributed by atoms with Crippen LogP contribution in [0.5, 0.6) is 0 Å². The van der Waals surface area contributed by atoms with Crippen LogP contribution in [-0.4, -0.2) is 49.3 Å². The SMILES string of the molecule is O=C([C@H]1OCCNC[C@H]1F)N1CCc2ccccc2[C@@H]1c1ccc(F)cc1. The average molecular weight is 372 g/mol. The molecule has 2 aromatic rings. The lowest BCUT2D eigenvalue weighted by atomic mass is 9.87. The summed E-state index contributed by atoms with van der Waals surface area (Å²) in [6.07, 6.45) is -1.82. The van der Waals surface area contributed by atoms with Crippen LogP contribution in [0.2, 0.25) is 0 Å². The summed E-state index contributed by atoms with van der Waals surface area (Å²) < 4.78 is 33.5. The molecule has 6 heteroatoms. The van der Waals surface area contributed by atoms with E-state index in [9.17, 15) is 13.6 Å². The number of halogens is 2. The first-order valence-electron chi connectivity index (χ1n) is 9.25. The second kappa shape index (κ2) is 7.74. The molecule has 4 rings (SSSR count). The first-order valence-corrected chi connectivity index (χ1v) is 9.25. The summed E-state index contributed by atoms with van der Waals surface area (Å²) >= 11 is 0. The fraction of sp³-hybridized carbons (Fsp3) is 0.381. The van der Waals surface area contributed by atoms with Gasteiger partial charge in [0.15, 0.2) is 6.10 Å². The molecule has 3 atom stereocenters. The Morgan fingerprint density at radius 2 is 1.93 bits per heavy atom. The van der Waals surface area contributed by atoms with E-state index in [1.165, 1.54) is 12.1 Å². The van der Waals surface area contributed by atoms with Crippen LogP contribution >= 0.6 is 0 Å². The topological polar surface area (TPSA) is 41.6 Å². The molecule has 4 nitrogen and oxygen atoms in total. The number of nitrogens with one attached hydrogen (secondary N) is 1. The van der Waals surface area contributed by atoms with Gasteiger partial charge in [0.25, 0.3) is 5.91 Å². The average Bonchev–Trinajstić information content (AvgIpc) is 2.91. The van der Waals surface area contributed by atoms with Gasteiger partial charge in [0.1, 0.15) is 12.0 Å². The number of carbonyl (C=O) groups is 1. The van der Waals surface area contributed by atoms with Gasteiger partial charge < -0.3 is 15.0 Å². The lowest BCUT2D eigenvalue weighted by Crippen LogP contribution is -2.50. The van der Waals surface area contributed by atoms with Crippen LogP contribution in [0.3, 0.4) is 0 Å². The highest BCUT2D eigenvalue weighted by molar-refractivity contribution is 5.83. The van der Waals surface area contributed by atoms with Crippen molar-refractivity contribution in [3.05, 3.63) is 71.0 Å². The van der Waals surface area contributed by atoms with Crippen molar-refractivity contribution in [2.75, 3.05) is 26.2 Å². The maximum Gasteiger partial charge on any atom is 0.255 e. The predicted molar refractivity (Wildman–Crippen MR) is 97.6 cm³/mol. The predicted octanol–water partition coefficient (Wildman–Crippen LogP) is 2.63. The quantitative estimate of drug-likeness (QED) is 0.881. The van der Waals surface area contributed by atoms with Crippen molar-refractivity contribution in [1.29, 1.82) is 0 Å². The lowest BCUT2D eigenvalue weighted by Gasteiger charge is -2.39. The van der Waals surface area contributed by atoms with Crippen molar-refractivity contribution >= 4 is 5.91 Å². The van der Waals surface area contributed by atoms with Gasteiger partial charge in [-0.25, -0.2) is 8.78 Å². The molecule has 2 heterocycles. The van der Waals surface area contributed by atoms with Crippen LogP contribution in [0.4, 0.5) is 8.78 Å². The smallest absolute Gasteiger partial charge is 0.255 e. The first-order chi connectivity index (χ1) is 13.1. The summed E-state index contributed by atoms with van der Waals surface area (Å²) in [7, 11) is 0. The molecule has 0 radical (unpaired) electrons. The zero-order valence-corrected chi connectivity index (χ0v) is 14.9. The molecule has 0 bridgehead atoms. The Morgan fingerprint density at radius 1 is 1.15 bits per heavy atom. The van der Waals surface area contributed by atoms with Crippen molar-refractivity contribution in [3.63, 3.8) is 0 Å². The second-order valence-electron chi connectivity index (χ2n) is 6.95. The molecule has 0 saturated carbocycles. The Balaban J connectivity index is 1.72. The van der Waals surface area contributed by atoms with Gasteiger partial charge in [-0.15, -0.1) is 0 Å². The van der Waals surface area contributed by atoms with Gasteiger partial charge in [0.2, 0.25) is 0 Å². The zero-order chi connectivity index (χ0) is 18.8. The van der Waals surface area contributed by atoms with E-state index in [4.69, 9.17) is 4.74 Å². The Hall–Kier alpha value is -2.31. The minimum atomic E-state index is -1.40. The molecule has 0 spiro atoms. The molecule has 27 heavy (non-hydrogen) atoms. The van der Waals surface area contributed by atoms with Gasteiger partial charge in [0.05, 0.1) is 12.6 Å². The van der Waals surface area contributed by atoms with Crippen LogP contribution in [0, 0.1) is 5.82 Å². The molecular formula is C21H22F2N2O2. The lowest BCUT2D eigenvalue weighted by molar-refractivity contribution is -0.149. The van der Waals surface area contributed by atoms with Gasteiger partial charge in [-0.3, -0.25) is 4.79 Å². The normalized spacial score (nSPS) is 25.6.